The molecule has 2 fully saturated rings. The molecule has 2 aliphatic rings. The van der Waals surface area contributed by atoms with Gasteiger partial charge in [-0.25, -0.2) is 0 Å². The third-order valence-corrected chi connectivity index (χ3v) is 6.46. The van der Waals surface area contributed by atoms with Crippen molar-refractivity contribution < 1.29 is 9.00 Å². The van der Waals surface area contributed by atoms with Gasteiger partial charge in [0.15, 0.2) is 0 Å². The van der Waals surface area contributed by atoms with Gasteiger partial charge in [-0.3, -0.25) is 9.00 Å². The van der Waals surface area contributed by atoms with Crippen molar-refractivity contribution in [1.29, 1.82) is 0 Å². The summed E-state index contributed by atoms with van der Waals surface area (Å²) in [6.07, 6.45) is 7.93. The Bertz CT molecular complexity index is 368. The molecular weight excluding hydrogens is 308 g/mol. The van der Waals surface area contributed by atoms with Gasteiger partial charge in [0, 0.05) is 39.8 Å². The molecule has 3 N–H and O–H groups in total. The fourth-order valence-corrected chi connectivity index (χ4v) is 4.88. The van der Waals surface area contributed by atoms with Crippen molar-refractivity contribution in [3.63, 3.8) is 0 Å². The average molecular weight is 337 g/mol. The monoisotopic (exact) mass is 336 g/mol. The first-order valence-corrected chi connectivity index (χ1v) is 9.41. The van der Waals surface area contributed by atoms with Gasteiger partial charge in [-0.1, -0.05) is 19.8 Å². The van der Waals surface area contributed by atoms with E-state index < -0.39 is 10.8 Å². The fraction of sp³-hybridized carbons (Fsp3) is 0.933. The molecule has 0 heterocycles. The first kappa shape index (κ1) is 18.9. The number of nitrogens with one attached hydrogen (secondary N) is 1. The predicted molar refractivity (Wildman–Crippen MR) is 90.1 cm³/mol. The lowest BCUT2D eigenvalue weighted by molar-refractivity contribution is -0.127. The summed E-state index contributed by atoms with van der Waals surface area (Å²) >= 11 is 0. The number of carbonyl (C=O) groups is 1. The van der Waals surface area contributed by atoms with E-state index >= 15 is 0 Å². The Morgan fingerprint density at radius 2 is 1.90 bits per heavy atom. The van der Waals surface area contributed by atoms with Crippen LogP contribution in [-0.2, 0) is 15.6 Å². The Morgan fingerprint density at radius 3 is 2.57 bits per heavy atom. The molecule has 0 radical (unpaired) electrons. The van der Waals surface area contributed by atoms with Crippen LogP contribution in [0.15, 0.2) is 0 Å². The zero-order chi connectivity index (χ0) is 14.5. The van der Waals surface area contributed by atoms with E-state index in [2.05, 4.69) is 5.32 Å². The molecule has 2 rings (SSSR count). The van der Waals surface area contributed by atoms with Crippen molar-refractivity contribution >= 4 is 29.1 Å². The number of rotatable bonds is 4. The van der Waals surface area contributed by atoms with Gasteiger partial charge in [0.05, 0.1) is 0 Å². The smallest absolute Gasteiger partial charge is 0.223 e. The Morgan fingerprint density at radius 1 is 1.19 bits per heavy atom. The van der Waals surface area contributed by atoms with E-state index in [9.17, 15) is 9.00 Å². The van der Waals surface area contributed by atoms with Gasteiger partial charge in [-0.2, -0.15) is 0 Å². The molecule has 1 amide bonds. The number of amides is 1. The normalized spacial score (nSPS) is 34.6. The van der Waals surface area contributed by atoms with Crippen LogP contribution in [0.25, 0.3) is 0 Å². The maximum absolute atomic E-state index is 12.3. The summed E-state index contributed by atoms with van der Waals surface area (Å²) in [7, 11) is -0.731. The van der Waals surface area contributed by atoms with Crippen LogP contribution < -0.4 is 11.1 Å². The molecule has 124 valence electrons. The van der Waals surface area contributed by atoms with Crippen LogP contribution in [-0.4, -0.2) is 33.2 Å². The first-order valence-electron chi connectivity index (χ1n) is 8.03. The topological polar surface area (TPSA) is 72.2 Å². The molecule has 0 aromatic carbocycles. The second-order valence-corrected chi connectivity index (χ2v) is 8.29. The largest absolute Gasteiger partial charge is 0.353 e. The van der Waals surface area contributed by atoms with Gasteiger partial charge in [-0.05, 0) is 38.5 Å². The molecule has 0 saturated heterocycles. The van der Waals surface area contributed by atoms with Crippen molar-refractivity contribution in [3.8, 4) is 0 Å². The quantitative estimate of drug-likeness (QED) is 0.826. The van der Waals surface area contributed by atoms with Crippen molar-refractivity contribution in [1.82, 2.24) is 5.32 Å². The van der Waals surface area contributed by atoms with E-state index in [1.807, 2.05) is 6.92 Å². The lowest BCUT2D eigenvalue weighted by atomic mass is 9.85. The van der Waals surface area contributed by atoms with Crippen molar-refractivity contribution in [3.05, 3.63) is 0 Å². The van der Waals surface area contributed by atoms with Crippen molar-refractivity contribution in [2.24, 2.45) is 11.7 Å². The standard InChI is InChI=1S/C15H28N2O2S.ClH/c1-2-20(19)14-8-4-7-13(10-14)17-15(18)11-5-3-6-12(16)9-11;/h11-14H,2-10,16H2,1H3,(H,17,18);1H. The molecule has 0 bridgehead atoms. The summed E-state index contributed by atoms with van der Waals surface area (Å²) in [5.74, 6) is 0.992. The minimum absolute atomic E-state index is 0. The molecule has 0 aliphatic heterocycles. The molecule has 0 spiro atoms. The predicted octanol–water partition coefficient (Wildman–Crippen LogP) is 2.12. The van der Waals surface area contributed by atoms with E-state index in [-0.39, 0.29) is 41.6 Å². The molecule has 0 aromatic rings. The second kappa shape index (κ2) is 9.11. The number of hydrogen-bond donors (Lipinski definition) is 2. The van der Waals surface area contributed by atoms with Crippen LogP contribution in [0.2, 0.25) is 0 Å². The molecule has 2 saturated carbocycles. The Balaban J connectivity index is 0.00000220. The molecule has 2 aliphatic carbocycles. The first-order chi connectivity index (χ1) is 9.60. The average Bonchev–Trinajstić information content (AvgIpc) is 2.46. The summed E-state index contributed by atoms with van der Waals surface area (Å²) in [4.78, 5) is 12.3. The minimum Gasteiger partial charge on any atom is -0.353 e. The fourth-order valence-electron chi connectivity index (χ4n) is 3.54. The number of halogens is 1. The SMILES string of the molecule is CCS(=O)C1CCCC(NC(=O)C2CCCC(N)C2)C1.Cl. The van der Waals surface area contributed by atoms with E-state index in [1.54, 1.807) is 0 Å². The van der Waals surface area contributed by atoms with Gasteiger partial charge < -0.3 is 11.1 Å². The highest BCUT2D eigenvalue weighted by atomic mass is 35.5. The van der Waals surface area contributed by atoms with Crippen LogP contribution >= 0.6 is 12.4 Å². The van der Waals surface area contributed by atoms with Gasteiger partial charge in [0.2, 0.25) is 5.91 Å². The zero-order valence-corrected chi connectivity index (χ0v) is 14.5. The van der Waals surface area contributed by atoms with Gasteiger partial charge in [-0.15, -0.1) is 12.4 Å². The van der Waals surface area contributed by atoms with Crippen LogP contribution in [0.4, 0.5) is 0 Å². The highest BCUT2D eigenvalue weighted by Crippen LogP contribution is 2.26. The highest BCUT2D eigenvalue weighted by Gasteiger charge is 2.30. The highest BCUT2D eigenvalue weighted by molar-refractivity contribution is 7.85. The van der Waals surface area contributed by atoms with Crippen molar-refractivity contribution in [2.45, 2.75) is 75.6 Å². The van der Waals surface area contributed by atoms with Gasteiger partial charge in [0.25, 0.3) is 0 Å². The van der Waals surface area contributed by atoms with Crippen LogP contribution in [0, 0.1) is 5.92 Å². The summed E-state index contributed by atoms with van der Waals surface area (Å²) in [5, 5.41) is 3.46. The molecule has 5 atom stereocenters. The summed E-state index contributed by atoms with van der Waals surface area (Å²) in [5.41, 5.74) is 5.96. The van der Waals surface area contributed by atoms with Gasteiger partial charge in [0.1, 0.15) is 0 Å². The number of nitrogens with two attached hydrogens (primary N) is 1. The third kappa shape index (κ3) is 5.53. The Kier molecular flexibility index (Phi) is 8.21. The Hall–Kier alpha value is -0.130. The van der Waals surface area contributed by atoms with E-state index in [4.69, 9.17) is 5.73 Å². The molecule has 5 unspecified atom stereocenters. The lowest BCUT2D eigenvalue weighted by Crippen LogP contribution is -2.45. The molecule has 0 aromatic heterocycles. The number of carbonyl (C=O) groups excluding carboxylic acids is 1. The third-order valence-electron chi connectivity index (χ3n) is 4.71. The van der Waals surface area contributed by atoms with Crippen LogP contribution in [0.5, 0.6) is 0 Å². The maximum atomic E-state index is 12.3. The summed E-state index contributed by atoms with van der Waals surface area (Å²) in [6.45, 7) is 1.97. The minimum atomic E-state index is -0.731. The Labute approximate surface area is 136 Å². The van der Waals surface area contributed by atoms with E-state index in [1.165, 1.54) is 0 Å². The van der Waals surface area contributed by atoms with Gasteiger partial charge >= 0.3 is 0 Å². The van der Waals surface area contributed by atoms with Crippen LogP contribution in [0.3, 0.4) is 0 Å². The van der Waals surface area contributed by atoms with Crippen molar-refractivity contribution in [2.75, 3.05) is 5.75 Å². The number of hydrogen-bond acceptors (Lipinski definition) is 3. The summed E-state index contributed by atoms with van der Waals surface area (Å²) in [6, 6.07) is 0.404. The molecule has 21 heavy (non-hydrogen) atoms. The van der Waals surface area contributed by atoms with E-state index in [0.29, 0.717) is 0 Å². The maximum Gasteiger partial charge on any atom is 0.223 e. The molecule has 6 heteroatoms. The zero-order valence-electron chi connectivity index (χ0n) is 12.9. The summed E-state index contributed by atoms with van der Waals surface area (Å²) < 4.78 is 11.9. The van der Waals surface area contributed by atoms with E-state index in [0.717, 1.165) is 57.1 Å². The molecular formula is C15H29ClN2O2S. The second-order valence-electron chi connectivity index (χ2n) is 6.29. The van der Waals surface area contributed by atoms with Crippen LogP contribution in [0.1, 0.15) is 58.3 Å². The lowest BCUT2D eigenvalue weighted by Gasteiger charge is -2.32. The molecule has 4 nitrogen and oxygen atoms in total.